The molecule has 0 bridgehead atoms. The standard InChI is InChI=1S/C17H24O6/c1-9-5-6-14(23-20)11(3)15(21-12(4)18)8-13-10(2)17(19)22-16(13)7-9/h7,10,13-16,20H,3,5-6,8H2,1-2,4H3/b9-7+/t10-,13-,14+,15-,16+/m1/s1. The number of ether oxygens (including phenoxy) is 2. The Morgan fingerprint density at radius 3 is 2.74 bits per heavy atom. The molecule has 0 aromatic carbocycles. The van der Waals surface area contributed by atoms with E-state index in [-0.39, 0.29) is 23.9 Å². The molecular weight excluding hydrogens is 300 g/mol. The van der Waals surface area contributed by atoms with Crippen LogP contribution in [0.1, 0.15) is 40.0 Å². The summed E-state index contributed by atoms with van der Waals surface area (Å²) < 4.78 is 10.8. The van der Waals surface area contributed by atoms with Gasteiger partial charge in [0.25, 0.3) is 0 Å². The number of rotatable bonds is 2. The molecule has 0 aromatic heterocycles. The summed E-state index contributed by atoms with van der Waals surface area (Å²) in [5.41, 5.74) is 1.56. The van der Waals surface area contributed by atoms with Crippen LogP contribution in [0.2, 0.25) is 0 Å². The molecule has 1 heterocycles. The molecule has 128 valence electrons. The summed E-state index contributed by atoms with van der Waals surface area (Å²) in [6.45, 7) is 9.04. The van der Waals surface area contributed by atoms with Crippen molar-refractivity contribution in [3.63, 3.8) is 0 Å². The Labute approximate surface area is 136 Å². The van der Waals surface area contributed by atoms with E-state index in [0.29, 0.717) is 24.8 Å². The van der Waals surface area contributed by atoms with Gasteiger partial charge in [-0.2, -0.15) is 0 Å². The molecule has 0 radical (unpaired) electrons. The van der Waals surface area contributed by atoms with E-state index < -0.39 is 18.2 Å². The van der Waals surface area contributed by atoms with Crippen molar-refractivity contribution in [2.24, 2.45) is 11.8 Å². The summed E-state index contributed by atoms with van der Waals surface area (Å²) in [4.78, 5) is 27.9. The van der Waals surface area contributed by atoms with Crippen LogP contribution in [0.15, 0.2) is 23.8 Å². The van der Waals surface area contributed by atoms with E-state index in [1.807, 2.05) is 19.9 Å². The number of carbonyl (C=O) groups is 2. The van der Waals surface area contributed by atoms with Crippen molar-refractivity contribution in [1.29, 1.82) is 0 Å². The number of allylic oxidation sites excluding steroid dienone is 1. The van der Waals surface area contributed by atoms with Gasteiger partial charge >= 0.3 is 11.9 Å². The van der Waals surface area contributed by atoms with Gasteiger partial charge in [0.05, 0.1) is 5.92 Å². The maximum atomic E-state index is 11.9. The molecule has 1 fully saturated rings. The third-order valence-corrected chi connectivity index (χ3v) is 4.69. The van der Waals surface area contributed by atoms with E-state index in [2.05, 4.69) is 11.5 Å². The van der Waals surface area contributed by atoms with Crippen molar-refractivity contribution in [3.05, 3.63) is 23.8 Å². The molecule has 6 heteroatoms. The second kappa shape index (κ2) is 7.27. The molecule has 6 nitrogen and oxygen atoms in total. The van der Waals surface area contributed by atoms with Crippen LogP contribution in [-0.4, -0.2) is 35.5 Å². The number of hydrogen-bond donors (Lipinski definition) is 1. The molecule has 5 atom stereocenters. The van der Waals surface area contributed by atoms with Crippen LogP contribution in [-0.2, 0) is 24.0 Å². The van der Waals surface area contributed by atoms with E-state index in [1.54, 1.807) is 0 Å². The van der Waals surface area contributed by atoms with Crippen LogP contribution in [0.3, 0.4) is 0 Å². The van der Waals surface area contributed by atoms with E-state index in [0.717, 1.165) is 5.57 Å². The van der Waals surface area contributed by atoms with Gasteiger partial charge in [-0.1, -0.05) is 19.1 Å². The minimum atomic E-state index is -0.624. The van der Waals surface area contributed by atoms with Crippen molar-refractivity contribution < 1.29 is 29.2 Å². The van der Waals surface area contributed by atoms with Gasteiger partial charge in [-0.05, 0) is 37.8 Å². The van der Waals surface area contributed by atoms with Crippen molar-refractivity contribution in [3.8, 4) is 0 Å². The Morgan fingerprint density at radius 1 is 1.43 bits per heavy atom. The Kier molecular flexibility index (Phi) is 5.59. The minimum absolute atomic E-state index is 0.115. The van der Waals surface area contributed by atoms with E-state index in [4.69, 9.17) is 14.7 Å². The molecule has 0 amide bonds. The lowest BCUT2D eigenvalue weighted by Crippen LogP contribution is -2.33. The molecule has 1 aliphatic heterocycles. The lowest BCUT2D eigenvalue weighted by molar-refractivity contribution is -0.272. The van der Waals surface area contributed by atoms with Crippen LogP contribution in [0.4, 0.5) is 0 Å². The lowest BCUT2D eigenvalue weighted by atomic mass is 9.82. The summed E-state index contributed by atoms with van der Waals surface area (Å²) in [6.07, 6.45) is 1.95. The molecule has 1 aliphatic carbocycles. The average Bonchev–Trinajstić information content (AvgIpc) is 2.73. The highest BCUT2D eigenvalue weighted by atomic mass is 17.1. The maximum absolute atomic E-state index is 11.9. The fourth-order valence-electron chi connectivity index (χ4n) is 3.24. The van der Waals surface area contributed by atoms with Crippen molar-refractivity contribution >= 4 is 11.9 Å². The van der Waals surface area contributed by atoms with Crippen molar-refractivity contribution in [2.45, 2.75) is 58.3 Å². The molecule has 0 saturated carbocycles. The van der Waals surface area contributed by atoms with Gasteiger partial charge in [-0.25, -0.2) is 4.89 Å². The first-order valence-electron chi connectivity index (χ1n) is 7.87. The monoisotopic (exact) mass is 324 g/mol. The van der Waals surface area contributed by atoms with Crippen LogP contribution in [0.25, 0.3) is 0 Å². The molecule has 0 spiro atoms. The Bertz CT molecular complexity index is 523. The summed E-state index contributed by atoms with van der Waals surface area (Å²) in [5.74, 6) is -1.09. The second-order valence-electron chi connectivity index (χ2n) is 6.41. The fraction of sp³-hybridized carbons (Fsp3) is 0.647. The maximum Gasteiger partial charge on any atom is 0.309 e. The van der Waals surface area contributed by atoms with Gasteiger partial charge in [0.2, 0.25) is 0 Å². The zero-order valence-corrected chi connectivity index (χ0v) is 13.8. The van der Waals surface area contributed by atoms with Crippen LogP contribution in [0, 0.1) is 11.8 Å². The molecule has 23 heavy (non-hydrogen) atoms. The van der Waals surface area contributed by atoms with Crippen molar-refractivity contribution in [1.82, 2.24) is 0 Å². The highest BCUT2D eigenvalue weighted by Gasteiger charge is 2.43. The van der Waals surface area contributed by atoms with Gasteiger partial charge in [0, 0.05) is 12.8 Å². The molecule has 1 N–H and O–H groups in total. The SMILES string of the molecule is C=C1[C@@H](OO)CC/C(C)=C/[C@@H]2OC(=O)[C@H](C)[C@H]2C[C@H]1OC(C)=O. The first-order valence-corrected chi connectivity index (χ1v) is 7.87. The zero-order chi connectivity index (χ0) is 17.1. The molecule has 1 saturated heterocycles. The van der Waals surface area contributed by atoms with E-state index in [1.165, 1.54) is 6.92 Å². The Hall–Kier alpha value is -1.66. The molecule has 2 rings (SSSR count). The number of esters is 2. The summed E-state index contributed by atoms with van der Waals surface area (Å²) in [6, 6.07) is 0. The van der Waals surface area contributed by atoms with Crippen LogP contribution in [0.5, 0.6) is 0 Å². The average molecular weight is 324 g/mol. The molecule has 0 aromatic rings. The normalized spacial score (nSPS) is 37.4. The lowest BCUT2D eigenvalue weighted by Gasteiger charge is -2.29. The van der Waals surface area contributed by atoms with Crippen LogP contribution < -0.4 is 0 Å². The highest BCUT2D eigenvalue weighted by Crippen LogP contribution is 2.37. The molecule has 0 unspecified atom stereocenters. The third kappa shape index (κ3) is 4.00. The van der Waals surface area contributed by atoms with E-state index >= 15 is 0 Å². The largest absolute Gasteiger partial charge is 0.458 e. The van der Waals surface area contributed by atoms with Gasteiger partial charge < -0.3 is 9.47 Å². The number of carbonyl (C=O) groups excluding carboxylic acids is 2. The Balaban J connectivity index is 2.34. The Morgan fingerprint density at radius 2 is 2.13 bits per heavy atom. The van der Waals surface area contributed by atoms with Crippen molar-refractivity contribution in [2.75, 3.05) is 0 Å². The summed E-state index contributed by atoms with van der Waals surface area (Å²) in [5, 5.41) is 9.16. The number of hydrogen-bond acceptors (Lipinski definition) is 6. The quantitative estimate of drug-likeness (QED) is 0.364. The van der Waals surface area contributed by atoms with Gasteiger partial charge in [-0.3, -0.25) is 14.8 Å². The van der Waals surface area contributed by atoms with Gasteiger partial charge in [0.1, 0.15) is 18.3 Å². The smallest absolute Gasteiger partial charge is 0.309 e. The topological polar surface area (TPSA) is 82.1 Å². The van der Waals surface area contributed by atoms with E-state index in [9.17, 15) is 9.59 Å². The van der Waals surface area contributed by atoms with Crippen LogP contribution >= 0.6 is 0 Å². The highest BCUT2D eigenvalue weighted by molar-refractivity contribution is 5.75. The second-order valence-corrected chi connectivity index (χ2v) is 6.41. The van der Waals surface area contributed by atoms with Gasteiger partial charge in [-0.15, -0.1) is 0 Å². The summed E-state index contributed by atoms with van der Waals surface area (Å²) >= 11 is 0. The summed E-state index contributed by atoms with van der Waals surface area (Å²) in [7, 11) is 0. The first kappa shape index (κ1) is 17.7. The zero-order valence-electron chi connectivity index (χ0n) is 13.8. The third-order valence-electron chi connectivity index (χ3n) is 4.69. The predicted molar refractivity (Wildman–Crippen MR) is 82.3 cm³/mol. The first-order chi connectivity index (χ1) is 10.8. The minimum Gasteiger partial charge on any atom is -0.458 e. The number of fused-ring (bicyclic) bond motifs is 1. The molecular formula is C17H24O6. The predicted octanol–water partition coefficient (Wildman–Crippen LogP) is 2.64. The van der Waals surface area contributed by atoms with Gasteiger partial charge in [0.15, 0.2) is 0 Å². The molecule has 2 aliphatic rings. The fourth-order valence-corrected chi connectivity index (χ4v) is 3.24.